The number of thioether (sulfide) groups is 1. The van der Waals surface area contributed by atoms with E-state index in [2.05, 4.69) is 16.0 Å². The second kappa shape index (κ2) is 17.1. The molecule has 0 saturated carbocycles. The van der Waals surface area contributed by atoms with E-state index in [0.717, 1.165) is 0 Å². The van der Waals surface area contributed by atoms with Crippen LogP contribution in [0, 0.1) is 5.92 Å². The van der Waals surface area contributed by atoms with Crippen molar-refractivity contribution in [2.75, 3.05) is 18.6 Å². The number of unbranched alkanes of at least 4 members (excludes halogenated alkanes) is 1. The van der Waals surface area contributed by atoms with E-state index in [9.17, 15) is 34.2 Å². The van der Waals surface area contributed by atoms with Crippen LogP contribution < -0.4 is 27.4 Å². The average Bonchev–Trinajstić information content (AvgIpc) is 2.78. The summed E-state index contributed by atoms with van der Waals surface area (Å²) in [6.07, 6.45) is 3.09. The van der Waals surface area contributed by atoms with Crippen molar-refractivity contribution in [2.45, 2.75) is 76.5 Å². The van der Waals surface area contributed by atoms with Gasteiger partial charge in [0.05, 0.1) is 12.5 Å². The number of nitrogens with one attached hydrogen (secondary N) is 3. The molecule has 9 N–H and O–H groups in total. The van der Waals surface area contributed by atoms with Gasteiger partial charge in [-0.2, -0.15) is 11.8 Å². The minimum absolute atomic E-state index is 0.126. The van der Waals surface area contributed by atoms with Gasteiger partial charge in [-0.3, -0.25) is 19.2 Å². The van der Waals surface area contributed by atoms with Gasteiger partial charge in [-0.1, -0.05) is 20.3 Å². The lowest BCUT2D eigenvalue weighted by atomic mass is 9.98. The highest BCUT2D eigenvalue weighted by Gasteiger charge is 2.31. The van der Waals surface area contributed by atoms with Crippen molar-refractivity contribution in [3.05, 3.63) is 0 Å². The molecule has 0 aromatic heterocycles. The first kappa shape index (κ1) is 31.6. The summed E-state index contributed by atoms with van der Waals surface area (Å²) in [5, 5.41) is 25.7. The lowest BCUT2D eigenvalue weighted by Crippen LogP contribution is -2.58. The molecule has 0 fully saturated rings. The maximum atomic E-state index is 12.9. The van der Waals surface area contributed by atoms with E-state index in [1.165, 1.54) is 11.8 Å². The van der Waals surface area contributed by atoms with Crippen molar-refractivity contribution in [2.24, 2.45) is 17.4 Å². The summed E-state index contributed by atoms with van der Waals surface area (Å²) in [5.41, 5.74) is 11.5. The Morgan fingerprint density at radius 3 is 1.94 bits per heavy atom. The molecule has 5 unspecified atom stereocenters. The van der Waals surface area contributed by atoms with E-state index in [0.29, 0.717) is 31.6 Å². The van der Waals surface area contributed by atoms with Crippen LogP contribution in [0.4, 0.5) is 0 Å². The molecule has 13 heteroatoms. The molecule has 0 spiro atoms. The molecule has 0 saturated heterocycles. The normalized spacial score (nSPS) is 15.3. The van der Waals surface area contributed by atoms with Crippen molar-refractivity contribution in [1.29, 1.82) is 0 Å². The first-order valence-electron chi connectivity index (χ1n) is 11.3. The Kier molecular flexibility index (Phi) is 15.9. The second-order valence-corrected chi connectivity index (χ2v) is 9.08. The van der Waals surface area contributed by atoms with Crippen LogP contribution in [0.5, 0.6) is 0 Å². The Hall–Kier alpha value is -2.38. The van der Waals surface area contributed by atoms with Gasteiger partial charge >= 0.3 is 11.9 Å². The van der Waals surface area contributed by atoms with Gasteiger partial charge < -0.3 is 37.6 Å². The third-order valence-electron chi connectivity index (χ3n) is 5.38. The van der Waals surface area contributed by atoms with Gasteiger partial charge in [0, 0.05) is 0 Å². The molecule has 3 amide bonds. The van der Waals surface area contributed by atoms with Crippen LogP contribution in [0.15, 0.2) is 0 Å². The monoisotopic (exact) mass is 505 g/mol. The molecular formula is C21H39N5O7S. The van der Waals surface area contributed by atoms with Crippen LogP contribution >= 0.6 is 11.8 Å². The van der Waals surface area contributed by atoms with Crippen molar-refractivity contribution in [1.82, 2.24) is 16.0 Å². The van der Waals surface area contributed by atoms with E-state index in [1.807, 2.05) is 6.92 Å². The molecule has 0 rings (SSSR count). The molecule has 5 atom stereocenters. The molecule has 196 valence electrons. The van der Waals surface area contributed by atoms with Crippen LogP contribution in [0.25, 0.3) is 0 Å². The predicted octanol–water partition coefficient (Wildman–Crippen LogP) is -0.744. The standard InChI is InChI=1S/C21H39N5O7S/c1-4-12(2)17(23)20(31)24-13(7-5-6-9-22)18(29)26-15(11-16(27)28)19(30)25-14(21(32)33)8-10-34-3/h12-15,17H,4-11,22-23H2,1-3H3,(H,24,31)(H,25,30)(H,26,29)(H,27,28)(H,32,33). The largest absolute Gasteiger partial charge is 0.481 e. The van der Waals surface area contributed by atoms with Crippen LogP contribution in [-0.2, 0) is 24.0 Å². The SMILES string of the molecule is CCC(C)C(N)C(=O)NC(CCCCN)C(=O)NC(CC(=O)O)C(=O)NC(CCSC)C(=O)O. The molecule has 0 heterocycles. The number of carbonyl (C=O) groups is 5. The number of aliphatic carboxylic acids is 2. The number of hydrogen-bond acceptors (Lipinski definition) is 8. The zero-order valence-electron chi connectivity index (χ0n) is 20.0. The van der Waals surface area contributed by atoms with E-state index >= 15 is 0 Å². The Morgan fingerprint density at radius 1 is 0.882 bits per heavy atom. The Morgan fingerprint density at radius 2 is 1.44 bits per heavy atom. The maximum Gasteiger partial charge on any atom is 0.326 e. The topological polar surface area (TPSA) is 214 Å². The minimum atomic E-state index is -1.53. The highest BCUT2D eigenvalue weighted by molar-refractivity contribution is 7.98. The van der Waals surface area contributed by atoms with Crippen LogP contribution in [-0.4, -0.2) is 82.6 Å². The van der Waals surface area contributed by atoms with Gasteiger partial charge in [0.15, 0.2) is 0 Å². The van der Waals surface area contributed by atoms with Crippen LogP contribution in [0.2, 0.25) is 0 Å². The van der Waals surface area contributed by atoms with E-state index in [-0.39, 0.29) is 18.8 Å². The molecule has 0 aliphatic heterocycles. The second-order valence-electron chi connectivity index (χ2n) is 8.10. The molecule has 0 radical (unpaired) electrons. The Bertz CT molecular complexity index is 694. The van der Waals surface area contributed by atoms with Gasteiger partial charge in [-0.25, -0.2) is 4.79 Å². The quantitative estimate of drug-likeness (QED) is 0.116. The van der Waals surface area contributed by atoms with Crippen molar-refractivity contribution in [3.63, 3.8) is 0 Å². The molecule has 0 aromatic rings. The minimum Gasteiger partial charge on any atom is -0.481 e. The fourth-order valence-corrected chi connectivity index (χ4v) is 3.43. The highest BCUT2D eigenvalue weighted by atomic mass is 32.2. The van der Waals surface area contributed by atoms with E-state index < -0.39 is 60.2 Å². The Labute approximate surface area is 204 Å². The van der Waals surface area contributed by atoms with Gasteiger partial charge in [-0.05, 0) is 50.2 Å². The molecule has 0 bridgehead atoms. The number of carbonyl (C=O) groups excluding carboxylic acids is 3. The Balaban J connectivity index is 5.52. The summed E-state index contributed by atoms with van der Waals surface area (Å²) < 4.78 is 0. The van der Waals surface area contributed by atoms with Gasteiger partial charge in [0.2, 0.25) is 17.7 Å². The number of carboxylic acid groups (broad SMARTS) is 2. The third-order valence-corrected chi connectivity index (χ3v) is 6.02. The smallest absolute Gasteiger partial charge is 0.326 e. The summed E-state index contributed by atoms with van der Waals surface area (Å²) in [7, 11) is 0. The van der Waals surface area contributed by atoms with Gasteiger partial charge in [0.1, 0.15) is 18.1 Å². The number of hydrogen-bond donors (Lipinski definition) is 7. The van der Waals surface area contributed by atoms with Crippen LogP contribution in [0.3, 0.4) is 0 Å². The molecule has 0 aliphatic carbocycles. The zero-order valence-corrected chi connectivity index (χ0v) is 20.9. The van der Waals surface area contributed by atoms with Crippen LogP contribution in [0.1, 0.15) is 52.4 Å². The number of nitrogens with two attached hydrogens (primary N) is 2. The van der Waals surface area contributed by atoms with Crippen molar-refractivity contribution >= 4 is 41.4 Å². The predicted molar refractivity (Wildman–Crippen MR) is 129 cm³/mol. The summed E-state index contributed by atoms with van der Waals surface area (Å²) in [6.45, 7) is 4.06. The van der Waals surface area contributed by atoms with E-state index in [4.69, 9.17) is 11.5 Å². The molecule has 0 aliphatic rings. The summed E-state index contributed by atoms with van der Waals surface area (Å²) in [6, 6.07) is -4.68. The maximum absolute atomic E-state index is 12.9. The number of carboxylic acids is 2. The average molecular weight is 506 g/mol. The molecule has 0 aromatic carbocycles. The molecule has 12 nitrogen and oxygen atoms in total. The van der Waals surface area contributed by atoms with Gasteiger partial charge in [0.25, 0.3) is 0 Å². The molecule has 34 heavy (non-hydrogen) atoms. The summed E-state index contributed by atoms with van der Waals surface area (Å²) in [4.78, 5) is 60.8. The lowest BCUT2D eigenvalue weighted by Gasteiger charge is -2.25. The van der Waals surface area contributed by atoms with Crippen molar-refractivity contribution < 1.29 is 34.2 Å². The van der Waals surface area contributed by atoms with E-state index in [1.54, 1.807) is 13.2 Å². The lowest BCUT2D eigenvalue weighted by molar-refractivity contribution is -0.143. The number of rotatable bonds is 18. The van der Waals surface area contributed by atoms with Crippen molar-refractivity contribution in [3.8, 4) is 0 Å². The van der Waals surface area contributed by atoms with Gasteiger partial charge in [-0.15, -0.1) is 0 Å². The fraction of sp³-hybridized carbons (Fsp3) is 0.762. The zero-order chi connectivity index (χ0) is 26.3. The number of amides is 3. The first-order chi connectivity index (χ1) is 16.0. The summed E-state index contributed by atoms with van der Waals surface area (Å²) in [5.74, 6) is -4.55. The third kappa shape index (κ3) is 12.2. The highest BCUT2D eigenvalue weighted by Crippen LogP contribution is 2.08. The summed E-state index contributed by atoms with van der Waals surface area (Å²) >= 11 is 1.39. The first-order valence-corrected chi connectivity index (χ1v) is 12.7. The molecular weight excluding hydrogens is 466 g/mol. The fourth-order valence-electron chi connectivity index (χ4n) is 2.96.